The molecule has 27 heavy (non-hydrogen) atoms. The molecule has 9 heteroatoms. The summed E-state index contributed by atoms with van der Waals surface area (Å²) in [6, 6.07) is 5.35. The van der Waals surface area contributed by atoms with E-state index in [-0.39, 0.29) is 35.7 Å². The standard InChI is InChI=1S/C18H22N4O4S/c1-5-14(23)19-17-20-22(15(24)6-2)18(27-17)12-10-11(26-7-3)8-9-13(12)21(4)16(18)25/h8-10H,5-7H2,1-4H3,(H,19,20,23)/t18-/m1/s1. The first-order valence-electron chi connectivity index (χ1n) is 8.85. The number of ether oxygens (including phenoxy) is 1. The number of carbonyl (C=O) groups is 3. The Morgan fingerprint density at radius 3 is 2.63 bits per heavy atom. The third-order valence-corrected chi connectivity index (χ3v) is 5.68. The lowest BCUT2D eigenvalue weighted by atomic mass is 10.1. The molecule has 0 fully saturated rings. The van der Waals surface area contributed by atoms with Crippen molar-refractivity contribution in [1.82, 2.24) is 10.3 Å². The van der Waals surface area contributed by atoms with E-state index in [1.54, 1.807) is 39.1 Å². The molecule has 0 bridgehead atoms. The Labute approximate surface area is 161 Å². The number of nitrogens with one attached hydrogen (secondary N) is 1. The molecular formula is C18H22N4O4S. The summed E-state index contributed by atoms with van der Waals surface area (Å²) in [6.45, 7) is 5.78. The molecule has 1 aromatic rings. The quantitative estimate of drug-likeness (QED) is 0.849. The highest BCUT2D eigenvalue weighted by molar-refractivity contribution is 8.15. The van der Waals surface area contributed by atoms with Gasteiger partial charge in [0.25, 0.3) is 5.91 Å². The van der Waals surface area contributed by atoms with Crippen molar-refractivity contribution in [2.45, 2.75) is 38.5 Å². The molecular weight excluding hydrogens is 368 g/mol. The molecule has 3 rings (SSSR count). The maximum atomic E-state index is 13.3. The number of hydrogen-bond acceptors (Lipinski definition) is 6. The van der Waals surface area contributed by atoms with Gasteiger partial charge in [-0.25, -0.2) is 0 Å². The first kappa shape index (κ1) is 19.2. The highest BCUT2D eigenvalue weighted by Gasteiger charge is 2.60. The van der Waals surface area contributed by atoms with Gasteiger partial charge in [-0.2, -0.15) is 5.01 Å². The van der Waals surface area contributed by atoms with Crippen LogP contribution in [0.3, 0.4) is 0 Å². The molecule has 0 saturated carbocycles. The second-order valence-electron chi connectivity index (χ2n) is 6.09. The lowest BCUT2D eigenvalue weighted by Crippen LogP contribution is -2.48. The molecule has 1 spiro atoms. The topological polar surface area (TPSA) is 91.3 Å². The third kappa shape index (κ3) is 2.95. The molecule has 3 amide bonds. The zero-order chi connectivity index (χ0) is 19.8. The van der Waals surface area contributed by atoms with Gasteiger partial charge in [-0.1, -0.05) is 13.8 Å². The molecule has 0 unspecified atom stereocenters. The van der Waals surface area contributed by atoms with Crippen LogP contribution in [-0.4, -0.2) is 41.6 Å². The van der Waals surface area contributed by atoms with Crippen LogP contribution < -0.4 is 15.0 Å². The van der Waals surface area contributed by atoms with Crippen LogP contribution in [0.25, 0.3) is 0 Å². The van der Waals surface area contributed by atoms with Crippen molar-refractivity contribution in [2.75, 3.05) is 18.6 Å². The summed E-state index contributed by atoms with van der Waals surface area (Å²) in [5, 5.41) is 8.39. The normalized spacial score (nSPS) is 20.7. The number of thioether (sulfide) groups is 1. The minimum Gasteiger partial charge on any atom is -0.494 e. The fourth-order valence-electron chi connectivity index (χ4n) is 3.09. The second-order valence-corrected chi connectivity index (χ2v) is 7.27. The number of fused-ring (bicyclic) bond motifs is 2. The van der Waals surface area contributed by atoms with Crippen molar-refractivity contribution in [1.29, 1.82) is 0 Å². The van der Waals surface area contributed by atoms with E-state index >= 15 is 0 Å². The van der Waals surface area contributed by atoms with Gasteiger partial charge in [0.1, 0.15) is 5.75 Å². The van der Waals surface area contributed by atoms with Crippen LogP contribution in [0.5, 0.6) is 5.75 Å². The number of amidine groups is 1. The molecule has 0 saturated heterocycles. The van der Waals surface area contributed by atoms with Crippen molar-refractivity contribution >= 4 is 40.3 Å². The predicted octanol–water partition coefficient (Wildman–Crippen LogP) is 2.00. The fourth-order valence-corrected chi connectivity index (χ4v) is 4.39. The van der Waals surface area contributed by atoms with E-state index in [0.29, 0.717) is 23.6 Å². The number of nitrogens with zero attached hydrogens (tertiary/aromatic N) is 3. The smallest absolute Gasteiger partial charge is 0.270 e. The second kappa shape index (κ2) is 7.22. The van der Waals surface area contributed by atoms with Crippen molar-refractivity contribution in [2.24, 2.45) is 5.10 Å². The summed E-state index contributed by atoms with van der Waals surface area (Å²) in [7, 11) is 1.66. The van der Waals surface area contributed by atoms with E-state index in [9.17, 15) is 14.4 Å². The van der Waals surface area contributed by atoms with E-state index in [1.807, 2.05) is 6.92 Å². The van der Waals surface area contributed by atoms with Crippen molar-refractivity contribution in [3.8, 4) is 5.75 Å². The maximum absolute atomic E-state index is 13.3. The number of hydrazone groups is 1. The summed E-state index contributed by atoms with van der Waals surface area (Å²) < 4.78 is 5.59. The Kier molecular flexibility index (Phi) is 5.14. The van der Waals surface area contributed by atoms with Gasteiger partial charge in [-0.3, -0.25) is 14.4 Å². The zero-order valence-corrected chi connectivity index (χ0v) is 16.6. The Hall–Kier alpha value is -2.55. The van der Waals surface area contributed by atoms with Crippen molar-refractivity contribution in [3.05, 3.63) is 23.8 Å². The summed E-state index contributed by atoms with van der Waals surface area (Å²) >= 11 is 1.07. The minimum atomic E-state index is -1.37. The lowest BCUT2D eigenvalue weighted by Gasteiger charge is -2.29. The number of benzene rings is 1. The monoisotopic (exact) mass is 390 g/mol. The van der Waals surface area contributed by atoms with Gasteiger partial charge < -0.3 is 15.0 Å². The maximum Gasteiger partial charge on any atom is 0.270 e. The van der Waals surface area contributed by atoms with Gasteiger partial charge in [-0.15, -0.1) is 5.10 Å². The SMILES string of the molecule is CCOc1ccc2c(c1)[C@@]1(SC(NC(=O)CC)=NN1C(=O)CC)C(=O)N2C. The van der Waals surface area contributed by atoms with Crippen LogP contribution in [0.1, 0.15) is 39.2 Å². The summed E-state index contributed by atoms with van der Waals surface area (Å²) in [5.74, 6) is -0.222. The van der Waals surface area contributed by atoms with Crippen LogP contribution >= 0.6 is 11.8 Å². The first-order valence-corrected chi connectivity index (χ1v) is 9.66. The highest BCUT2D eigenvalue weighted by Crippen LogP contribution is 2.54. The fraction of sp³-hybridized carbons (Fsp3) is 0.444. The molecule has 144 valence electrons. The molecule has 2 heterocycles. The average molecular weight is 390 g/mol. The predicted molar refractivity (Wildman–Crippen MR) is 103 cm³/mol. The van der Waals surface area contributed by atoms with E-state index < -0.39 is 4.87 Å². The third-order valence-electron chi connectivity index (χ3n) is 4.44. The molecule has 2 aliphatic heterocycles. The van der Waals surface area contributed by atoms with E-state index in [0.717, 1.165) is 11.8 Å². The Morgan fingerprint density at radius 2 is 2.00 bits per heavy atom. The minimum absolute atomic E-state index is 0.179. The molecule has 1 aromatic carbocycles. The number of carbonyl (C=O) groups excluding carboxylic acids is 3. The Balaban J connectivity index is 2.12. The van der Waals surface area contributed by atoms with Crippen LogP contribution in [0, 0.1) is 0 Å². The van der Waals surface area contributed by atoms with Crippen molar-refractivity contribution in [3.63, 3.8) is 0 Å². The number of hydrogen-bond donors (Lipinski definition) is 1. The largest absolute Gasteiger partial charge is 0.494 e. The zero-order valence-electron chi connectivity index (χ0n) is 15.7. The van der Waals surface area contributed by atoms with E-state index in [2.05, 4.69) is 10.4 Å². The Morgan fingerprint density at radius 1 is 1.26 bits per heavy atom. The molecule has 8 nitrogen and oxygen atoms in total. The van der Waals surface area contributed by atoms with Crippen LogP contribution in [0.2, 0.25) is 0 Å². The van der Waals surface area contributed by atoms with Gasteiger partial charge in [0.05, 0.1) is 12.3 Å². The number of rotatable bonds is 4. The van der Waals surface area contributed by atoms with Gasteiger partial charge >= 0.3 is 0 Å². The van der Waals surface area contributed by atoms with E-state index in [4.69, 9.17) is 4.74 Å². The van der Waals surface area contributed by atoms with E-state index in [1.165, 1.54) is 9.91 Å². The molecule has 0 aliphatic carbocycles. The summed E-state index contributed by atoms with van der Waals surface area (Å²) in [6.07, 6.45) is 0.450. The van der Waals surface area contributed by atoms with Gasteiger partial charge in [-0.05, 0) is 36.9 Å². The van der Waals surface area contributed by atoms with Gasteiger partial charge in [0, 0.05) is 25.5 Å². The number of anilines is 1. The summed E-state index contributed by atoms with van der Waals surface area (Å²) in [5.41, 5.74) is 1.31. The van der Waals surface area contributed by atoms with Crippen LogP contribution in [-0.2, 0) is 19.3 Å². The molecule has 2 aliphatic rings. The van der Waals surface area contributed by atoms with Gasteiger partial charge in [0.2, 0.25) is 16.7 Å². The van der Waals surface area contributed by atoms with Crippen LogP contribution in [0.4, 0.5) is 5.69 Å². The number of likely N-dealkylation sites (N-methyl/N-ethyl adjacent to an activating group) is 1. The lowest BCUT2D eigenvalue weighted by molar-refractivity contribution is -0.140. The first-order chi connectivity index (χ1) is 12.9. The average Bonchev–Trinajstić information content (AvgIpc) is 3.14. The number of amides is 3. The molecule has 0 radical (unpaired) electrons. The molecule has 0 aromatic heterocycles. The molecule has 1 N–H and O–H groups in total. The van der Waals surface area contributed by atoms with Crippen LogP contribution in [0.15, 0.2) is 23.3 Å². The van der Waals surface area contributed by atoms with Gasteiger partial charge in [0.15, 0.2) is 5.17 Å². The Bertz CT molecular complexity index is 841. The highest BCUT2D eigenvalue weighted by atomic mass is 32.2. The summed E-state index contributed by atoms with van der Waals surface area (Å²) in [4.78, 5) is 37.9. The molecule has 1 atom stereocenters. The van der Waals surface area contributed by atoms with Crippen molar-refractivity contribution < 1.29 is 19.1 Å².